The molecule has 0 N–H and O–H groups in total. The molecule has 0 aliphatic rings. The van der Waals surface area contributed by atoms with Crippen LogP contribution in [0.5, 0.6) is 0 Å². The monoisotopic (exact) mass is 522 g/mol. The van der Waals surface area contributed by atoms with Crippen LogP contribution in [-0.2, 0) is 26.2 Å². The second-order valence-electron chi connectivity index (χ2n) is 8.61. The van der Waals surface area contributed by atoms with E-state index >= 15 is 0 Å². The van der Waals surface area contributed by atoms with Gasteiger partial charge in [0.15, 0.2) is 0 Å². The summed E-state index contributed by atoms with van der Waals surface area (Å²) in [7, 11) is -4.88. The van der Waals surface area contributed by atoms with Crippen LogP contribution in [0.25, 0.3) is 0 Å². The van der Waals surface area contributed by atoms with Crippen molar-refractivity contribution in [1.29, 1.82) is 0 Å². The zero-order valence-electron chi connectivity index (χ0n) is 20.5. The largest absolute Gasteiger partial charge is 2.00 e. The van der Waals surface area contributed by atoms with Gasteiger partial charge in [-0.25, -0.2) is 0 Å². The molecule has 0 heterocycles. The Kier molecular flexibility index (Phi) is 38.9. The molecule has 0 bridgehead atoms. The second-order valence-corrected chi connectivity index (χ2v) is 11.1. The standard InChI is InChI=1S/2C12H27O2P.Fe/c2*1-2-3-4-5-6-7-8-9-10-11-12-15(13)14;/h2*15H,2-12H2,1H3,(H,13,14);/q;;+2/p-2. The smallest absolute Gasteiger partial charge is 0.802 e. The maximum atomic E-state index is 10.3. The van der Waals surface area contributed by atoms with Crippen LogP contribution in [0.15, 0.2) is 0 Å². The molecule has 190 valence electrons. The molecule has 0 saturated heterocycles. The molecule has 0 rings (SSSR count). The Morgan fingerprint density at radius 2 is 0.613 bits per heavy atom. The molecule has 31 heavy (non-hydrogen) atoms. The van der Waals surface area contributed by atoms with E-state index in [1.54, 1.807) is 0 Å². The molecule has 0 aromatic carbocycles. The number of rotatable bonds is 22. The van der Waals surface area contributed by atoms with Gasteiger partial charge in [-0.3, -0.25) is 0 Å². The third-order valence-electron chi connectivity index (χ3n) is 5.47. The average molecular weight is 522 g/mol. The van der Waals surface area contributed by atoms with Crippen molar-refractivity contribution in [1.82, 2.24) is 0 Å². The van der Waals surface area contributed by atoms with Gasteiger partial charge < -0.3 is 18.9 Å². The van der Waals surface area contributed by atoms with Crippen LogP contribution in [0.2, 0.25) is 0 Å². The zero-order valence-corrected chi connectivity index (χ0v) is 23.6. The SMILES string of the molecule is CCCCCCCCCCCC[PH](=O)[O-].CCCCCCCCCCCC[PH](=O)[O-].[Fe+2]. The topological polar surface area (TPSA) is 80.3 Å². The van der Waals surface area contributed by atoms with Gasteiger partial charge in [0, 0.05) is 16.1 Å². The van der Waals surface area contributed by atoms with Crippen molar-refractivity contribution in [3.8, 4) is 0 Å². The van der Waals surface area contributed by atoms with Crippen LogP contribution in [0.1, 0.15) is 142 Å². The van der Waals surface area contributed by atoms with Crippen molar-refractivity contribution in [2.45, 2.75) is 142 Å². The molecule has 0 spiro atoms. The van der Waals surface area contributed by atoms with Crippen LogP contribution >= 0.6 is 16.1 Å². The van der Waals surface area contributed by atoms with E-state index in [1.807, 2.05) is 0 Å². The molecule has 0 radical (unpaired) electrons. The minimum atomic E-state index is -2.44. The van der Waals surface area contributed by atoms with Gasteiger partial charge in [-0.05, 0) is 25.2 Å². The molecule has 2 atom stereocenters. The minimum absolute atomic E-state index is 0. The van der Waals surface area contributed by atoms with E-state index in [4.69, 9.17) is 0 Å². The molecule has 0 aromatic heterocycles. The van der Waals surface area contributed by atoms with E-state index in [0.717, 1.165) is 25.7 Å². The zero-order chi connectivity index (χ0) is 22.7. The first-order chi connectivity index (χ1) is 14.5. The molecule has 2 unspecified atom stereocenters. The predicted molar refractivity (Wildman–Crippen MR) is 131 cm³/mol. The van der Waals surface area contributed by atoms with Crippen LogP contribution in [-0.4, -0.2) is 12.3 Å². The van der Waals surface area contributed by atoms with E-state index < -0.39 is 16.1 Å². The fraction of sp³-hybridized carbons (Fsp3) is 1.00. The Hall–Kier alpha value is 0.899. The fourth-order valence-electron chi connectivity index (χ4n) is 3.51. The summed E-state index contributed by atoms with van der Waals surface area (Å²) < 4.78 is 20.6. The summed E-state index contributed by atoms with van der Waals surface area (Å²) in [6, 6.07) is 0. The molecular formula is C24H52FeO4P2. The van der Waals surface area contributed by atoms with E-state index in [9.17, 15) is 18.9 Å². The number of hydrogen-bond donors (Lipinski definition) is 0. The van der Waals surface area contributed by atoms with Crippen LogP contribution in [0.3, 0.4) is 0 Å². The number of unbranched alkanes of at least 4 members (excludes halogenated alkanes) is 18. The summed E-state index contributed by atoms with van der Waals surface area (Å²) >= 11 is 0. The fourth-order valence-corrected chi connectivity index (χ4v) is 4.59. The molecule has 0 aromatic rings. The predicted octanol–water partition coefficient (Wildman–Crippen LogP) is 7.48. The van der Waals surface area contributed by atoms with Gasteiger partial charge in [-0.2, -0.15) is 0 Å². The van der Waals surface area contributed by atoms with Crippen LogP contribution in [0, 0.1) is 0 Å². The molecule has 0 aliphatic heterocycles. The van der Waals surface area contributed by atoms with Crippen molar-refractivity contribution in [2.75, 3.05) is 12.3 Å². The first-order valence-electron chi connectivity index (χ1n) is 12.9. The second kappa shape index (κ2) is 33.1. The third kappa shape index (κ3) is 41.6. The summed E-state index contributed by atoms with van der Waals surface area (Å²) in [6.07, 6.45) is 26.0. The summed E-state index contributed by atoms with van der Waals surface area (Å²) in [5.41, 5.74) is 0. The maximum absolute atomic E-state index is 10.3. The van der Waals surface area contributed by atoms with Gasteiger partial charge in [0.25, 0.3) is 0 Å². The van der Waals surface area contributed by atoms with Gasteiger partial charge in [0.1, 0.15) is 0 Å². The third-order valence-corrected chi connectivity index (χ3v) is 6.99. The van der Waals surface area contributed by atoms with Gasteiger partial charge in [-0.1, -0.05) is 129 Å². The average Bonchev–Trinajstić information content (AvgIpc) is 2.71. The Morgan fingerprint density at radius 1 is 0.419 bits per heavy atom. The van der Waals surface area contributed by atoms with E-state index in [0.29, 0.717) is 12.3 Å². The van der Waals surface area contributed by atoms with Crippen molar-refractivity contribution in [3.05, 3.63) is 0 Å². The van der Waals surface area contributed by atoms with Gasteiger partial charge >= 0.3 is 17.1 Å². The van der Waals surface area contributed by atoms with Crippen LogP contribution < -0.4 is 9.79 Å². The molecule has 4 nitrogen and oxygen atoms in total. The minimum Gasteiger partial charge on any atom is -0.802 e. The first kappa shape index (κ1) is 36.5. The van der Waals surface area contributed by atoms with Crippen molar-refractivity contribution >= 4 is 16.1 Å². The summed E-state index contributed by atoms with van der Waals surface area (Å²) in [4.78, 5) is 20.6. The maximum Gasteiger partial charge on any atom is 2.00 e. The Morgan fingerprint density at radius 3 is 0.806 bits per heavy atom. The normalized spacial score (nSPS) is 12.5. The Labute approximate surface area is 206 Å². The molecule has 0 fully saturated rings. The van der Waals surface area contributed by atoms with Crippen molar-refractivity contribution < 1.29 is 36.0 Å². The van der Waals surface area contributed by atoms with Gasteiger partial charge in [0.2, 0.25) is 0 Å². The van der Waals surface area contributed by atoms with Gasteiger partial charge in [0.05, 0.1) is 0 Å². The quantitative estimate of drug-likeness (QED) is 0.0839. The van der Waals surface area contributed by atoms with Gasteiger partial charge in [-0.15, -0.1) is 0 Å². The van der Waals surface area contributed by atoms with E-state index in [1.165, 1.54) is 103 Å². The molecule has 0 aliphatic carbocycles. The Bertz CT molecular complexity index is 337. The molecule has 0 saturated carbocycles. The van der Waals surface area contributed by atoms with E-state index in [-0.39, 0.29) is 17.1 Å². The van der Waals surface area contributed by atoms with Crippen molar-refractivity contribution in [3.63, 3.8) is 0 Å². The van der Waals surface area contributed by atoms with E-state index in [2.05, 4.69) is 13.8 Å². The van der Waals surface area contributed by atoms with Crippen molar-refractivity contribution in [2.24, 2.45) is 0 Å². The molecule has 0 amide bonds. The molecule has 7 heteroatoms. The van der Waals surface area contributed by atoms with Crippen LogP contribution in [0.4, 0.5) is 0 Å². The summed E-state index contributed by atoms with van der Waals surface area (Å²) in [5.74, 6) is 0. The summed E-state index contributed by atoms with van der Waals surface area (Å²) in [5, 5.41) is 0. The first-order valence-corrected chi connectivity index (χ1v) is 16.0. The summed E-state index contributed by atoms with van der Waals surface area (Å²) in [6.45, 7) is 4.48. The number of hydrogen-bond acceptors (Lipinski definition) is 4. The Balaban J connectivity index is -0.000000490. The molecular weight excluding hydrogens is 470 g/mol.